The van der Waals surface area contributed by atoms with Crippen molar-refractivity contribution in [3.8, 4) is 0 Å². The number of carbonyl (C=O) groups is 2. The van der Waals surface area contributed by atoms with Gasteiger partial charge in [-0.25, -0.2) is 0 Å². The number of benzene rings is 1. The van der Waals surface area contributed by atoms with Crippen LogP contribution in [0, 0.1) is 11.8 Å². The van der Waals surface area contributed by atoms with Gasteiger partial charge >= 0.3 is 5.97 Å². The van der Waals surface area contributed by atoms with Crippen LogP contribution in [0.2, 0.25) is 5.02 Å². The molecule has 0 unspecified atom stereocenters. The summed E-state index contributed by atoms with van der Waals surface area (Å²) in [6.45, 7) is 0.517. The van der Waals surface area contributed by atoms with Crippen molar-refractivity contribution in [1.82, 2.24) is 5.32 Å². The second-order valence-electron chi connectivity index (χ2n) is 5.50. The van der Waals surface area contributed by atoms with Gasteiger partial charge in [0.1, 0.15) is 0 Å². The van der Waals surface area contributed by atoms with Gasteiger partial charge in [-0.2, -0.15) is 0 Å². The lowest BCUT2D eigenvalue weighted by Gasteiger charge is -2.27. The third-order valence-electron chi connectivity index (χ3n) is 4.05. The van der Waals surface area contributed by atoms with Gasteiger partial charge in [0, 0.05) is 11.6 Å². The average Bonchev–Trinajstić information content (AvgIpc) is 2.49. The Morgan fingerprint density at radius 1 is 1.14 bits per heavy atom. The largest absolute Gasteiger partial charge is 0.481 e. The molecule has 1 saturated carbocycles. The smallest absolute Gasteiger partial charge is 0.307 e. The summed E-state index contributed by atoms with van der Waals surface area (Å²) in [4.78, 5) is 23.4. The Labute approximate surface area is 129 Å². The highest BCUT2D eigenvalue weighted by atomic mass is 35.5. The number of rotatable bonds is 5. The number of carboxylic acid groups (broad SMARTS) is 1. The van der Waals surface area contributed by atoms with Crippen LogP contribution in [-0.4, -0.2) is 23.5 Å². The van der Waals surface area contributed by atoms with Crippen LogP contribution >= 0.6 is 11.6 Å². The number of nitrogens with one attached hydrogen (secondary N) is 1. The minimum atomic E-state index is -0.854. The standard InChI is InChI=1S/C16H20ClNO3/c17-12-7-5-11(6-8-12)9-10-18-15(19)13-3-1-2-4-14(13)16(20)21/h5-8,13-14H,1-4,9-10H2,(H,18,19)(H,20,21)/t13-,14-/m0/s1. The first-order chi connectivity index (χ1) is 10.1. The van der Waals surface area contributed by atoms with Crippen LogP contribution in [0.25, 0.3) is 0 Å². The highest BCUT2D eigenvalue weighted by Gasteiger charge is 2.35. The second kappa shape index (κ2) is 7.46. The maximum absolute atomic E-state index is 12.2. The van der Waals surface area contributed by atoms with E-state index in [4.69, 9.17) is 11.6 Å². The SMILES string of the molecule is O=C(O)[C@H]1CCCC[C@@H]1C(=O)NCCc1ccc(Cl)cc1. The van der Waals surface area contributed by atoms with E-state index in [1.165, 1.54) is 0 Å². The monoisotopic (exact) mass is 309 g/mol. The van der Waals surface area contributed by atoms with E-state index in [0.717, 1.165) is 18.4 Å². The normalized spacial score (nSPS) is 21.8. The number of hydrogen-bond donors (Lipinski definition) is 2. The number of aliphatic carboxylic acids is 1. The fraction of sp³-hybridized carbons (Fsp3) is 0.500. The van der Waals surface area contributed by atoms with Crippen LogP contribution in [-0.2, 0) is 16.0 Å². The number of hydrogen-bond acceptors (Lipinski definition) is 2. The summed E-state index contributed by atoms with van der Waals surface area (Å²) < 4.78 is 0. The molecule has 1 aromatic carbocycles. The zero-order valence-corrected chi connectivity index (χ0v) is 12.6. The second-order valence-corrected chi connectivity index (χ2v) is 5.94. The molecule has 1 fully saturated rings. The molecule has 0 aliphatic heterocycles. The quantitative estimate of drug-likeness (QED) is 0.879. The summed E-state index contributed by atoms with van der Waals surface area (Å²) in [6.07, 6.45) is 3.81. The highest BCUT2D eigenvalue weighted by molar-refractivity contribution is 6.30. The predicted molar refractivity (Wildman–Crippen MR) is 81.2 cm³/mol. The van der Waals surface area contributed by atoms with Gasteiger partial charge in [-0.15, -0.1) is 0 Å². The van der Waals surface area contributed by atoms with E-state index < -0.39 is 11.9 Å². The molecule has 5 heteroatoms. The number of carboxylic acids is 1. The molecule has 0 bridgehead atoms. The van der Waals surface area contributed by atoms with Gasteiger partial charge in [-0.05, 0) is 37.0 Å². The molecular weight excluding hydrogens is 290 g/mol. The van der Waals surface area contributed by atoms with Crippen molar-refractivity contribution in [2.45, 2.75) is 32.1 Å². The first kappa shape index (κ1) is 15.8. The van der Waals surface area contributed by atoms with E-state index in [1.807, 2.05) is 24.3 Å². The summed E-state index contributed by atoms with van der Waals surface area (Å²) in [6, 6.07) is 7.49. The molecule has 0 heterocycles. The number of halogens is 1. The van der Waals surface area contributed by atoms with E-state index >= 15 is 0 Å². The molecule has 0 radical (unpaired) electrons. The molecule has 0 aromatic heterocycles. The zero-order valence-electron chi connectivity index (χ0n) is 11.8. The minimum absolute atomic E-state index is 0.129. The Morgan fingerprint density at radius 2 is 1.76 bits per heavy atom. The summed E-state index contributed by atoms with van der Waals surface area (Å²) in [5.41, 5.74) is 1.10. The van der Waals surface area contributed by atoms with Gasteiger partial charge < -0.3 is 10.4 Å². The molecule has 1 aliphatic carbocycles. The third kappa shape index (κ3) is 4.46. The molecule has 2 rings (SSSR count). The van der Waals surface area contributed by atoms with Crippen molar-refractivity contribution >= 4 is 23.5 Å². The Bertz CT molecular complexity index is 501. The van der Waals surface area contributed by atoms with Crippen LogP contribution in [0.5, 0.6) is 0 Å². The van der Waals surface area contributed by atoms with E-state index in [0.29, 0.717) is 30.8 Å². The predicted octanol–water partition coefficient (Wildman–Crippen LogP) is 2.89. The van der Waals surface area contributed by atoms with E-state index in [-0.39, 0.29) is 11.8 Å². The van der Waals surface area contributed by atoms with Gasteiger partial charge in [-0.1, -0.05) is 36.6 Å². The molecule has 4 nitrogen and oxygen atoms in total. The summed E-state index contributed by atoms with van der Waals surface area (Å²) in [7, 11) is 0. The Hall–Kier alpha value is -1.55. The van der Waals surface area contributed by atoms with Crippen LogP contribution in [0.4, 0.5) is 0 Å². The molecule has 0 spiro atoms. The first-order valence-electron chi connectivity index (χ1n) is 7.33. The van der Waals surface area contributed by atoms with Crippen molar-refractivity contribution in [3.05, 3.63) is 34.9 Å². The van der Waals surface area contributed by atoms with Crippen molar-refractivity contribution in [1.29, 1.82) is 0 Å². The lowest BCUT2D eigenvalue weighted by Crippen LogP contribution is -2.40. The average molecular weight is 310 g/mol. The zero-order chi connectivity index (χ0) is 15.2. The summed E-state index contributed by atoms with van der Waals surface area (Å²) >= 11 is 5.82. The van der Waals surface area contributed by atoms with E-state index in [9.17, 15) is 14.7 Å². The van der Waals surface area contributed by atoms with Crippen LogP contribution in [0.15, 0.2) is 24.3 Å². The molecule has 0 saturated heterocycles. The Morgan fingerprint density at radius 3 is 2.38 bits per heavy atom. The van der Waals surface area contributed by atoms with Crippen molar-refractivity contribution in [2.75, 3.05) is 6.54 Å². The maximum Gasteiger partial charge on any atom is 0.307 e. The lowest BCUT2D eigenvalue weighted by molar-refractivity contribution is -0.148. The Kier molecular flexibility index (Phi) is 5.62. The van der Waals surface area contributed by atoms with Gasteiger partial charge in [0.05, 0.1) is 11.8 Å². The van der Waals surface area contributed by atoms with Gasteiger partial charge in [0.15, 0.2) is 0 Å². The summed E-state index contributed by atoms with van der Waals surface area (Å²) in [5.74, 6) is -1.90. The Balaban J connectivity index is 1.83. The van der Waals surface area contributed by atoms with Crippen molar-refractivity contribution in [2.24, 2.45) is 11.8 Å². The molecule has 2 N–H and O–H groups in total. The molecule has 1 amide bonds. The molecule has 2 atom stereocenters. The van der Waals surface area contributed by atoms with Crippen molar-refractivity contribution < 1.29 is 14.7 Å². The molecule has 1 aliphatic rings. The molecular formula is C16H20ClNO3. The van der Waals surface area contributed by atoms with Gasteiger partial charge in [0.2, 0.25) is 5.91 Å². The molecule has 21 heavy (non-hydrogen) atoms. The van der Waals surface area contributed by atoms with Gasteiger partial charge in [0.25, 0.3) is 0 Å². The highest BCUT2D eigenvalue weighted by Crippen LogP contribution is 2.30. The van der Waals surface area contributed by atoms with E-state index in [1.54, 1.807) is 0 Å². The first-order valence-corrected chi connectivity index (χ1v) is 7.70. The topological polar surface area (TPSA) is 66.4 Å². The number of amides is 1. The molecule has 114 valence electrons. The number of carbonyl (C=O) groups excluding carboxylic acids is 1. The van der Waals surface area contributed by atoms with Crippen LogP contribution in [0.1, 0.15) is 31.2 Å². The molecule has 1 aromatic rings. The van der Waals surface area contributed by atoms with Gasteiger partial charge in [-0.3, -0.25) is 9.59 Å². The third-order valence-corrected chi connectivity index (χ3v) is 4.30. The van der Waals surface area contributed by atoms with Crippen LogP contribution < -0.4 is 5.32 Å². The van der Waals surface area contributed by atoms with Crippen molar-refractivity contribution in [3.63, 3.8) is 0 Å². The van der Waals surface area contributed by atoms with Crippen LogP contribution in [0.3, 0.4) is 0 Å². The fourth-order valence-corrected chi connectivity index (χ4v) is 2.98. The maximum atomic E-state index is 12.2. The van der Waals surface area contributed by atoms with E-state index in [2.05, 4.69) is 5.32 Å². The summed E-state index contributed by atoms with van der Waals surface area (Å²) in [5, 5.41) is 12.7. The minimum Gasteiger partial charge on any atom is -0.481 e. The lowest BCUT2D eigenvalue weighted by atomic mass is 9.78. The fourth-order valence-electron chi connectivity index (χ4n) is 2.85.